The van der Waals surface area contributed by atoms with Gasteiger partial charge in [-0.15, -0.1) is 0 Å². The molecule has 1 unspecified atom stereocenters. The Kier molecular flexibility index (Phi) is 4.99. The lowest BCUT2D eigenvalue weighted by atomic mass is 9.90. The Morgan fingerprint density at radius 2 is 2.00 bits per heavy atom. The van der Waals surface area contributed by atoms with Gasteiger partial charge in [-0.25, -0.2) is 4.79 Å². The summed E-state index contributed by atoms with van der Waals surface area (Å²) in [6.07, 6.45) is 9.54. The van der Waals surface area contributed by atoms with Crippen molar-refractivity contribution in [2.75, 3.05) is 19.6 Å². The van der Waals surface area contributed by atoms with Gasteiger partial charge in [0.1, 0.15) is 0 Å². The van der Waals surface area contributed by atoms with Crippen LogP contribution in [-0.2, 0) is 6.42 Å². The fourth-order valence-corrected chi connectivity index (χ4v) is 3.72. The molecule has 1 aromatic carbocycles. The predicted octanol–water partition coefficient (Wildman–Crippen LogP) is 3.18. The predicted molar refractivity (Wildman–Crippen MR) is 104 cm³/mol. The molecule has 0 spiro atoms. The third-order valence-electron chi connectivity index (χ3n) is 5.19. The highest BCUT2D eigenvalue weighted by Gasteiger charge is 2.21. The van der Waals surface area contributed by atoms with E-state index in [-0.39, 0.29) is 11.9 Å². The first kappa shape index (κ1) is 16.8. The first-order chi connectivity index (χ1) is 12.8. The molecule has 1 aromatic rings. The van der Waals surface area contributed by atoms with Gasteiger partial charge < -0.3 is 5.32 Å². The molecule has 26 heavy (non-hydrogen) atoms. The summed E-state index contributed by atoms with van der Waals surface area (Å²) in [5.74, 6) is 7.44. The van der Waals surface area contributed by atoms with Crippen LogP contribution in [0, 0.1) is 23.7 Å². The Labute approximate surface area is 154 Å². The molecule has 1 atom stereocenters. The maximum atomic E-state index is 11.3. The summed E-state index contributed by atoms with van der Waals surface area (Å²) in [6.45, 7) is 3.07. The van der Waals surface area contributed by atoms with Crippen LogP contribution in [0.5, 0.6) is 0 Å². The minimum Gasteiger partial charge on any atom is -0.304 e. The van der Waals surface area contributed by atoms with Crippen LogP contribution in [0.1, 0.15) is 18.4 Å². The molecule has 2 amide bonds. The normalized spacial score (nSPS) is 22.8. The number of hydrogen-bond donors (Lipinski definition) is 1. The number of benzene rings is 1. The van der Waals surface area contributed by atoms with Crippen molar-refractivity contribution in [3.05, 3.63) is 59.8 Å². The molecule has 1 aliphatic carbocycles. The topological polar surface area (TPSA) is 44.7 Å². The number of allylic oxidation sites excluding steroid dienone is 3. The highest BCUT2D eigenvalue weighted by molar-refractivity contribution is 6.18. The fraction of sp³-hybridized carbons (Fsp3) is 0.364. The number of aliphatic imine (C=N–C) groups is 1. The van der Waals surface area contributed by atoms with Crippen LogP contribution in [0.3, 0.4) is 0 Å². The van der Waals surface area contributed by atoms with Crippen molar-refractivity contribution in [3.63, 3.8) is 0 Å². The number of rotatable bonds is 3. The first-order valence-electron chi connectivity index (χ1n) is 9.31. The van der Waals surface area contributed by atoms with Crippen LogP contribution in [0.2, 0.25) is 0 Å². The Hall–Kier alpha value is -2.64. The number of nitrogens with zero attached hydrogens (tertiary/aromatic N) is 2. The number of piperidine rings is 1. The van der Waals surface area contributed by atoms with E-state index in [1.165, 1.54) is 24.8 Å². The van der Waals surface area contributed by atoms with Crippen molar-refractivity contribution in [1.29, 1.82) is 0 Å². The van der Waals surface area contributed by atoms with Gasteiger partial charge >= 0.3 is 6.03 Å². The van der Waals surface area contributed by atoms with Gasteiger partial charge in [0.05, 0.1) is 23.9 Å². The molecule has 4 heteroatoms. The van der Waals surface area contributed by atoms with Gasteiger partial charge in [0.25, 0.3) is 0 Å². The molecule has 1 saturated heterocycles. The Balaban J connectivity index is 1.24. The Bertz CT molecular complexity index is 818. The monoisotopic (exact) mass is 345 g/mol. The standard InChI is InChI=1S/C22H23N3O/c26-22-23-20-9-8-18(16-21(20)24-22)7-4-12-25-13-10-19(11-14-25)15-17-5-2-1-3-6-17/h1-3,5-6,8-9,16,18-19H,10-15H2,(H,24,26). The number of carbonyl (C=O) groups excluding carboxylic acids is 1. The van der Waals surface area contributed by atoms with Gasteiger partial charge in [-0.05, 0) is 56.0 Å². The fourth-order valence-electron chi connectivity index (χ4n) is 3.72. The smallest absolute Gasteiger partial charge is 0.304 e. The van der Waals surface area contributed by atoms with E-state index < -0.39 is 0 Å². The van der Waals surface area contributed by atoms with E-state index in [0.717, 1.165) is 31.2 Å². The summed E-state index contributed by atoms with van der Waals surface area (Å²) in [6, 6.07) is 10.5. The van der Waals surface area contributed by atoms with E-state index in [1.807, 2.05) is 18.2 Å². The molecule has 4 nitrogen and oxygen atoms in total. The molecular weight excluding hydrogens is 322 g/mol. The number of nitrogens with one attached hydrogen (secondary N) is 1. The quantitative estimate of drug-likeness (QED) is 0.855. The number of carbonyl (C=O) groups is 1. The molecule has 1 N–H and O–H groups in total. The van der Waals surface area contributed by atoms with E-state index in [1.54, 1.807) is 0 Å². The summed E-state index contributed by atoms with van der Waals surface area (Å²) in [7, 11) is 0. The number of fused-ring (bicyclic) bond motifs is 1. The maximum absolute atomic E-state index is 11.3. The molecule has 0 radical (unpaired) electrons. The second-order valence-corrected chi connectivity index (χ2v) is 7.12. The summed E-state index contributed by atoms with van der Waals surface area (Å²) in [4.78, 5) is 17.6. The van der Waals surface area contributed by atoms with Crippen molar-refractivity contribution in [2.45, 2.75) is 19.3 Å². The Morgan fingerprint density at radius 1 is 1.19 bits per heavy atom. The van der Waals surface area contributed by atoms with Gasteiger partial charge in [-0.3, -0.25) is 4.90 Å². The van der Waals surface area contributed by atoms with Gasteiger partial charge in [-0.2, -0.15) is 4.99 Å². The molecule has 2 aliphatic heterocycles. The highest BCUT2D eigenvalue weighted by Crippen LogP contribution is 2.21. The third kappa shape index (κ3) is 4.12. The average Bonchev–Trinajstić information content (AvgIpc) is 3.03. The van der Waals surface area contributed by atoms with Crippen molar-refractivity contribution in [3.8, 4) is 11.8 Å². The molecule has 0 aromatic heterocycles. The summed E-state index contributed by atoms with van der Waals surface area (Å²) in [5.41, 5.74) is 2.96. The molecule has 4 rings (SSSR count). The maximum Gasteiger partial charge on any atom is 0.346 e. The molecule has 132 valence electrons. The van der Waals surface area contributed by atoms with Crippen LogP contribution < -0.4 is 5.32 Å². The second kappa shape index (κ2) is 7.72. The third-order valence-corrected chi connectivity index (χ3v) is 5.19. The number of likely N-dealkylation sites (tertiary alicyclic amines) is 1. The lowest BCUT2D eigenvalue weighted by Crippen LogP contribution is -2.34. The van der Waals surface area contributed by atoms with Crippen LogP contribution in [0.25, 0.3) is 0 Å². The summed E-state index contributed by atoms with van der Waals surface area (Å²) < 4.78 is 0. The Morgan fingerprint density at radius 3 is 2.81 bits per heavy atom. The molecule has 1 fully saturated rings. The van der Waals surface area contributed by atoms with Crippen molar-refractivity contribution in [2.24, 2.45) is 16.8 Å². The first-order valence-corrected chi connectivity index (χ1v) is 9.31. The van der Waals surface area contributed by atoms with Crippen LogP contribution in [0.15, 0.2) is 59.2 Å². The van der Waals surface area contributed by atoms with E-state index in [4.69, 9.17) is 0 Å². The van der Waals surface area contributed by atoms with E-state index >= 15 is 0 Å². The van der Waals surface area contributed by atoms with E-state index in [9.17, 15) is 4.79 Å². The molecule has 3 aliphatic rings. The zero-order chi connectivity index (χ0) is 17.8. The number of hydrogen-bond acceptors (Lipinski definition) is 2. The minimum atomic E-state index is -0.289. The van der Waals surface area contributed by atoms with Crippen molar-refractivity contribution >= 4 is 11.7 Å². The molecule has 0 bridgehead atoms. The van der Waals surface area contributed by atoms with Crippen LogP contribution in [0.4, 0.5) is 4.79 Å². The SMILES string of the molecule is O=C1N=C2C=CC(C#CCN3CCC(Cc4ccccc4)CC3)C=C2N1. The van der Waals surface area contributed by atoms with Gasteiger partial charge in [0, 0.05) is 0 Å². The zero-order valence-electron chi connectivity index (χ0n) is 14.8. The lowest BCUT2D eigenvalue weighted by Gasteiger charge is -2.30. The van der Waals surface area contributed by atoms with Gasteiger partial charge in [-0.1, -0.05) is 48.2 Å². The summed E-state index contributed by atoms with van der Waals surface area (Å²) >= 11 is 0. The molecular formula is C22H23N3O. The summed E-state index contributed by atoms with van der Waals surface area (Å²) in [5, 5.41) is 2.74. The van der Waals surface area contributed by atoms with E-state index in [2.05, 4.69) is 57.4 Å². The number of amides is 2. The van der Waals surface area contributed by atoms with Crippen LogP contribution in [-0.4, -0.2) is 36.3 Å². The van der Waals surface area contributed by atoms with Crippen molar-refractivity contribution in [1.82, 2.24) is 10.2 Å². The van der Waals surface area contributed by atoms with Crippen LogP contribution >= 0.6 is 0 Å². The average molecular weight is 345 g/mol. The largest absolute Gasteiger partial charge is 0.346 e. The highest BCUT2D eigenvalue weighted by atomic mass is 16.2. The minimum absolute atomic E-state index is 0.0537. The lowest BCUT2D eigenvalue weighted by molar-refractivity contribution is 0.203. The van der Waals surface area contributed by atoms with Crippen molar-refractivity contribution < 1.29 is 4.79 Å². The molecule has 0 saturated carbocycles. The second-order valence-electron chi connectivity index (χ2n) is 7.12. The van der Waals surface area contributed by atoms with E-state index in [0.29, 0.717) is 5.71 Å². The zero-order valence-corrected chi connectivity index (χ0v) is 14.8. The van der Waals surface area contributed by atoms with Gasteiger partial charge in [0.2, 0.25) is 0 Å². The molecule has 2 heterocycles. The van der Waals surface area contributed by atoms with Gasteiger partial charge in [0.15, 0.2) is 0 Å². The number of urea groups is 1.